The normalized spacial score (nSPS) is 20.2. The van der Waals surface area contributed by atoms with Crippen molar-refractivity contribution < 1.29 is 9.53 Å². The molecule has 5 heteroatoms. The number of carbonyl (C=O) groups excluding carboxylic acids is 1. The van der Waals surface area contributed by atoms with Gasteiger partial charge in [0.05, 0.1) is 6.10 Å². The van der Waals surface area contributed by atoms with Crippen molar-refractivity contribution in [1.82, 2.24) is 9.88 Å². The number of hydrogen-bond donors (Lipinski definition) is 2. The van der Waals surface area contributed by atoms with Crippen molar-refractivity contribution in [2.24, 2.45) is 0 Å². The van der Waals surface area contributed by atoms with Crippen LogP contribution in [0.4, 0.5) is 5.69 Å². The van der Waals surface area contributed by atoms with Gasteiger partial charge >= 0.3 is 0 Å². The lowest BCUT2D eigenvalue weighted by Crippen LogP contribution is -2.37. The fourth-order valence-electron chi connectivity index (χ4n) is 2.08. The maximum Gasteiger partial charge on any atom is 0.270 e. The third kappa shape index (κ3) is 3.00. The van der Waals surface area contributed by atoms with E-state index in [9.17, 15) is 4.79 Å². The van der Waals surface area contributed by atoms with Crippen LogP contribution in [0.3, 0.4) is 0 Å². The Labute approximate surface area is 101 Å². The molecule has 0 aromatic carbocycles. The molecule has 1 aromatic rings. The number of aromatic amines is 1. The molecule has 3 N–H and O–H groups in total. The lowest BCUT2D eigenvalue weighted by Gasteiger charge is -2.27. The Hall–Kier alpha value is -1.49. The predicted molar refractivity (Wildman–Crippen MR) is 65.8 cm³/mol. The van der Waals surface area contributed by atoms with Gasteiger partial charge in [0.25, 0.3) is 5.91 Å². The molecule has 0 radical (unpaired) electrons. The first-order valence-corrected chi connectivity index (χ1v) is 5.98. The molecule has 1 amide bonds. The summed E-state index contributed by atoms with van der Waals surface area (Å²) in [6.45, 7) is 1.44. The quantitative estimate of drug-likeness (QED) is 0.830. The molecule has 94 valence electrons. The minimum Gasteiger partial charge on any atom is -0.397 e. The van der Waals surface area contributed by atoms with Gasteiger partial charge in [0.1, 0.15) is 5.69 Å². The highest BCUT2D eigenvalue weighted by molar-refractivity contribution is 5.93. The summed E-state index contributed by atoms with van der Waals surface area (Å²) in [7, 11) is 1.79. The minimum atomic E-state index is -0.0455. The molecule has 1 aliphatic heterocycles. The third-order valence-corrected chi connectivity index (χ3v) is 3.03. The molecule has 1 atom stereocenters. The number of nitrogen functional groups attached to an aromatic ring is 1. The van der Waals surface area contributed by atoms with Crippen LogP contribution in [-0.2, 0) is 4.74 Å². The van der Waals surface area contributed by atoms with E-state index in [1.165, 1.54) is 6.42 Å². The molecule has 1 unspecified atom stereocenters. The Kier molecular flexibility index (Phi) is 3.68. The van der Waals surface area contributed by atoms with Gasteiger partial charge in [0.15, 0.2) is 0 Å². The monoisotopic (exact) mass is 237 g/mol. The van der Waals surface area contributed by atoms with Gasteiger partial charge in [0.2, 0.25) is 0 Å². The molecule has 1 saturated heterocycles. The van der Waals surface area contributed by atoms with Gasteiger partial charge in [-0.3, -0.25) is 4.79 Å². The minimum absolute atomic E-state index is 0.0455. The van der Waals surface area contributed by atoms with E-state index in [2.05, 4.69) is 4.98 Å². The number of nitrogens with two attached hydrogens (primary N) is 1. The second-order valence-electron chi connectivity index (χ2n) is 4.52. The zero-order chi connectivity index (χ0) is 12.3. The van der Waals surface area contributed by atoms with Crippen LogP contribution in [0, 0.1) is 0 Å². The van der Waals surface area contributed by atoms with Crippen LogP contribution in [0.15, 0.2) is 12.3 Å². The van der Waals surface area contributed by atoms with E-state index < -0.39 is 0 Å². The summed E-state index contributed by atoms with van der Waals surface area (Å²) in [6, 6.07) is 1.65. The van der Waals surface area contributed by atoms with Crippen LogP contribution >= 0.6 is 0 Å². The zero-order valence-corrected chi connectivity index (χ0v) is 10.1. The van der Waals surface area contributed by atoms with Crippen LogP contribution in [0.25, 0.3) is 0 Å². The fourth-order valence-corrected chi connectivity index (χ4v) is 2.08. The van der Waals surface area contributed by atoms with Crippen LogP contribution in [0.5, 0.6) is 0 Å². The van der Waals surface area contributed by atoms with Gasteiger partial charge in [-0.1, -0.05) is 0 Å². The van der Waals surface area contributed by atoms with Crippen LogP contribution in [0.1, 0.15) is 29.8 Å². The maximum atomic E-state index is 12.0. The Morgan fingerprint density at radius 3 is 3.06 bits per heavy atom. The summed E-state index contributed by atoms with van der Waals surface area (Å²) in [5.41, 5.74) is 6.68. The Balaban J connectivity index is 1.90. The largest absolute Gasteiger partial charge is 0.397 e. The van der Waals surface area contributed by atoms with E-state index in [0.717, 1.165) is 19.4 Å². The summed E-state index contributed by atoms with van der Waals surface area (Å²) >= 11 is 0. The highest BCUT2D eigenvalue weighted by Gasteiger charge is 2.20. The molecular weight excluding hydrogens is 218 g/mol. The average Bonchev–Trinajstić information content (AvgIpc) is 2.76. The Bertz CT molecular complexity index is 383. The summed E-state index contributed by atoms with van der Waals surface area (Å²) in [5, 5.41) is 0. The van der Waals surface area contributed by atoms with E-state index in [0.29, 0.717) is 17.9 Å². The maximum absolute atomic E-state index is 12.0. The fraction of sp³-hybridized carbons (Fsp3) is 0.583. The molecule has 1 aromatic heterocycles. The zero-order valence-electron chi connectivity index (χ0n) is 10.1. The van der Waals surface area contributed by atoms with Gasteiger partial charge in [-0.2, -0.15) is 0 Å². The van der Waals surface area contributed by atoms with Crippen molar-refractivity contribution in [1.29, 1.82) is 0 Å². The topological polar surface area (TPSA) is 71.3 Å². The standard InChI is InChI=1S/C12H19N3O2/c1-15(8-10-4-2-3-5-17-10)12(16)11-6-9(13)7-14-11/h6-7,10,14H,2-5,8,13H2,1H3. The number of amides is 1. The van der Waals surface area contributed by atoms with Gasteiger partial charge in [-0.05, 0) is 25.3 Å². The molecule has 0 aliphatic carbocycles. The number of likely N-dealkylation sites (N-methyl/N-ethyl adjacent to an activating group) is 1. The molecule has 0 bridgehead atoms. The van der Waals surface area contributed by atoms with Crippen molar-refractivity contribution >= 4 is 11.6 Å². The van der Waals surface area contributed by atoms with E-state index in [1.807, 2.05) is 0 Å². The van der Waals surface area contributed by atoms with Crippen molar-refractivity contribution in [3.05, 3.63) is 18.0 Å². The highest BCUT2D eigenvalue weighted by Crippen LogP contribution is 2.14. The van der Waals surface area contributed by atoms with Gasteiger partial charge in [-0.15, -0.1) is 0 Å². The second kappa shape index (κ2) is 5.23. The average molecular weight is 237 g/mol. The summed E-state index contributed by atoms with van der Waals surface area (Å²) in [5.74, 6) is -0.0455. The summed E-state index contributed by atoms with van der Waals surface area (Å²) in [6.07, 6.45) is 5.14. The lowest BCUT2D eigenvalue weighted by molar-refractivity contribution is -0.000277. The van der Waals surface area contributed by atoms with Crippen LogP contribution in [0.2, 0.25) is 0 Å². The van der Waals surface area contributed by atoms with Crippen molar-refractivity contribution in [3.8, 4) is 0 Å². The number of hydrogen-bond acceptors (Lipinski definition) is 3. The van der Waals surface area contributed by atoms with Crippen LogP contribution in [-0.4, -0.2) is 42.1 Å². The third-order valence-electron chi connectivity index (χ3n) is 3.03. The number of nitrogens with zero attached hydrogens (tertiary/aromatic N) is 1. The molecule has 17 heavy (non-hydrogen) atoms. The number of carbonyl (C=O) groups is 1. The van der Waals surface area contributed by atoms with E-state index in [1.54, 1.807) is 24.2 Å². The van der Waals surface area contributed by atoms with E-state index in [-0.39, 0.29) is 12.0 Å². The number of nitrogens with one attached hydrogen (secondary N) is 1. The molecule has 0 spiro atoms. The number of anilines is 1. The first kappa shape index (κ1) is 12.0. The smallest absolute Gasteiger partial charge is 0.270 e. The number of ether oxygens (including phenoxy) is 1. The molecule has 2 heterocycles. The molecule has 2 rings (SSSR count). The molecule has 1 fully saturated rings. The SMILES string of the molecule is CN(CC1CCCCO1)C(=O)c1cc(N)c[nH]1. The number of rotatable bonds is 3. The summed E-state index contributed by atoms with van der Waals surface area (Å²) in [4.78, 5) is 16.6. The number of H-pyrrole nitrogens is 1. The first-order chi connectivity index (χ1) is 8.16. The van der Waals surface area contributed by atoms with Gasteiger partial charge < -0.3 is 20.4 Å². The van der Waals surface area contributed by atoms with E-state index >= 15 is 0 Å². The lowest BCUT2D eigenvalue weighted by atomic mass is 10.1. The van der Waals surface area contributed by atoms with Crippen molar-refractivity contribution in [2.45, 2.75) is 25.4 Å². The predicted octanol–water partition coefficient (Wildman–Crippen LogP) is 1.24. The Morgan fingerprint density at radius 1 is 1.65 bits per heavy atom. The Morgan fingerprint density at radius 2 is 2.47 bits per heavy atom. The number of aromatic nitrogens is 1. The molecule has 1 aliphatic rings. The van der Waals surface area contributed by atoms with Crippen molar-refractivity contribution in [2.75, 3.05) is 25.9 Å². The molecule has 5 nitrogen and oxygen atoms in total. The first-order valence-electron chi connectivity index (χ1n) is 5.98. The van der Waals surface area contributed by atoms with Gasteiger partial charge in [0, 0.05) is 32.1 Å². The second-order valence-corrected chi connectivity index (χ2v) is 4.52. The van der Waals surface area contributed by atoms with Crippen molar-refractivity contribution in [3.63, 3.8) is 0 Å². The molecule has 0 saturated carbocycles. The van der Waals surface area contributed by atoms with E-state index in [4.69, 9.17) is 10.5 Å². The highest BCUT2D eigenvalue weighted by atomic mass is 16.5. The summed E-state index contributed by atoms with van der Waals surface area (Å²) < 4.78 is 5.61. The van der Waals surface area contributed by atoms with Gasteiger partial charge in [-0.25, -0.2) is 0 Å². The molecular formula is C12H19N3O2. The van der Waals surface area contributed by atoms with Crippen LogP contribution < -0.4 is 5.73 Å².